The summed E-state index contributed by atoms with van der Waals surface area (Å²) in [5.74, 6) is 1.24. The van der Waals surface area contributed by atoms with Crippen LogP contribution in [0.2, 0.25) is 5.28 Å². The van der Waals surface area contributed by atoms with Gasteiger partial charge in [0.1, 0.15) is 5.75 Å². The maximum Gasteiger partial charge on any atom is 0.231 e. The number of thioether (sulfide) groups is 1. The minimum Gasteiger partial charge on any atom is -0.437 e. The summed E-state index contributed by atoms with van der Waals surface area (Å²) in [5.41, 5.74) is 0.768. The number of fused-ring (bicyclic) bond motifs is 1. The lowest BCUT2D eigenvalue weighted by Crippen LogP contribution is -1.93. The van der Waals surface area contributed by atoms with Crippen LogP contribution in [0.15, 0.2) is 53.4 Å². The maximum absolute atomic E-state index is 5.96. The van der Waals surface area contributed by atoms with Gasteiger partial charge in [0.05, 0.1) is 10.9 Å². The van der Waals surface area contributed by atoms with Crippen LogP contribution in [0.25, 0.3) is 10.9 Å². The molecule has 20 heavy (non-hydrogen) atoms. The number of rotatable bonds is 3. The molecule has 3 aromatic rings. The van der Waals surface area contributed by atoms with Gasteiger partial charge >= 0.3 is 0 Å². The van der Waals surface area contributed by atoms with E-state index in [0.717, 1.165) is 21.5 Å². The third-order valence-electron chi connectivity index (χ3n) is 2.82. The third kappa shape index (κ3) is 2.57. The zero-order valence-corrected chi connectivity index (χ0v) is 12.3. The number of hydrogen-bond donors (Lipinski definition) is 0. The van der Waals surface area contributed by atoms with Crippen LogP contribution in [0.4, 0.5) is 0 Å². The van der Waals surface area contributed by atoms with Crippen LogP contribution in [-0.2, 0) is 0 Å². The molecule has 3 rings (SSSR count). The molecule has 100 valence electrons. The number of ether oxygens (including phenoxy) is 1. The van der Waals surface area contributed by atoms with Gasteiger partial charge in [-0.25, -0.2) is 4.98 Å². The Balaban J connectivity index is 2.10. The average Bonchev–Trinajstić information content (AvgIpc) is 2.47. The van der Waals surface area contributed by atoms with Crippen molar-refractivity contribution in [3.63, 3.8) is 0 Å². The first-order valence-electron chi connectivity index (χ1n) is 6.01. The van der Waals surface area contributed by atoms with Crippen molar-refractivity contribution < 1.29 is 4.74 Å². The Bertz CT molecular complexity index is 764. The Morgan fingerprint density at radius 3 is 2.60 bits per heavy atom. The number of aromatic nitrogens is 2. The molecule has 0 amide bonds. The molecular weight excluding hydrogens is 292 g/mol. The number of halogens is 1. The molecule has 1 aromatic heterocycles. The van der Waals surface area contributed by atoms with E-state index in [1.54, 1.807) is 11.8 Å². The zero-order valence-electron chi connectivity index (χ0n) is 10.7. The van der Waals surface area contributed by atoms with E-state index in [-0.39, 0.29) is 5.28 Å². The quantitative estimate of drug-likeness (QED) is 0.514. The number of benzene rings is 2. The molecule has 0 saturated heterocycles. The Morgan fingerprint density at radius 1 is 1.00 bits per heavy atom. The summed E-state index contributed by atoms with van der Waals surface area (Å²) in [5, 5.41) is 1.02. The fraction of sp³-hybridized carbons (Fsp3) is 0.0667. The van der Waals surface area contributed by atoms with Gasteiger partial charge in [0, 0.05) is 4.90 Å². The molecule has 0 aliphatic heterocycles. The minimum absolute atomic E-state index is 0.181. The van der Waals surface area contributed by atoms with Gasteiger partial charge in [-0.1, -0.05) is 24.3 Å². The second-order valence-electron chi connectivity index (χ2n) is 4.07. The predicted molar refractivity (Wildman–Crippen MR) is 82.8 cm³/mol. The minimum atomic E-state index is 0.181. The smallest absolute Gasteiger partial charge is 0.231 e. The molecule has 1 heterocycles. The van der Waals surface area contributed by atoms with Gasteiger partial charge in [-0.15, -0.1) is 11.8 Å². The fourth-order valence-corrected chi connectivity index (χ4v) is 2.60. The van der Waals surface area contributed by atoms with Gasteiger partial charge in [0.2, 0.25) is 11.2 Å². The van der Waals surface area contributed by atoms with E-state index in [4.69, 9.17) is 16.3 Å². The first-order chi connectivity index (χ1) is 9.78. The van der Waals surface area contributed by atoms with E-state index in [1.165, 1.54) is 0 Å². The van der Waals surface area contributed by atoms with Gasteiger partial charge in [-0.2, -0.15) is 4.98 Å². The van der Waals surface area contributed by atoms with Gasteiger partial charge in [-0.05, 0) is 42.1 Å². The third-order valence-corrected chi connectivity index (χ3v) is 3.76. The van der Waals surface area contributed by atoms with Crippen molar-refractivity contribution in [1.82, 2.24) is 9.97 Å². The summed E-state index contributed by atoms with van der Waals surface area (Å²) in [6, 6.07) is 15.5. The molecule has 0 unspecified atom stereocenters. The molecule has 0 radical (unpaired) electrons. The molecule has 0 N–H and O–H groups in total. The average molecular weight is 303 g/mol. The molecule has 0 aliphatic carbocycles. The molecule has 0 fully saturated rings. The molecule has 0 spiro atoms. The number of hydrogen-bond acceptors (Lipinski definition) is 4. The van der Waals surface area contributed by atoms with Crippen LogP contribution in [-0.4, -0.2) is 16.2 Å². The van der Waals surface area contributed by atoms with Crippen LogP contribution in [0.5, 0.6) is 11.6 Å². The molecule has 0 aliphatic rings. The monoisotopic (exact) mass is 302 g/mol. The molecule has 5 heteroatoms. The summed E-state index contributed by atoms with van der Waals surface area (Å²) in [6.45, 7) is 0. The van der Waals surface area contributed by atoms with Gasteiger partial charge in [-0.3, -0.25) is 0 Å². The van der Waals surface area contributed by atoms with E-state index in [2.05, 4.69) is 9.97 Å². The lowest BCUT2D eigenvalue weighted by Gasteiger charge is -2.10. The first kappa shape index (κ1) is 13.2. The van der Waals surface area contributed by atoms with Crippen molar-refractivity contribution in [1.29, 1.82) is 0 Å². The Kier molecular flexibility index (Phi) is 3.76. The van der Waals surface area contributed by atoms with Crippen LogP contribution in [0.3, 0.4) is 0 Å². The highest BCUT2D eigenvalue weighted by Crippen LogP contribution is 2.33. The van der Waals surface area contributed by atoms with Gasteiger partial charge < -0.3 is 4.74 Å². The summed E-state index contributed by atoms with van der Waals surface area (Å²) >= 11 is 7.58. The van der Waals surface area contributed by atoms with Crippen molar-refractivity contribution in [3.8, 4) is 11.6 Å². The Labute approximate surface area is 126 Å². The second-order valence-corrected chi connectivity index (χ2v) is 5.25. The van der Waals surface area contributed by atoms with E-state index < -0.39 is 0 Å². The summed E-state index contributed by atoms with van der Waals surface area (Å²) in [6.07, 6.45) is 2.01. The highest BCUT2D eigenvalue weighted by atomic mass is 35.5. The number of para-hydroxylation sites is 2. The fourth-order valence-electron chi connectivity index (χ4n) is 1.91. The van der Waals surface area contributed by atoms with Crippen molar-refractivity contribution in [3.05, 3.63) is 53.8 Å². The lowest BCUT2D eigenvalue weighted by molar-refractivity contribution is 0.457. The molecule has 0 atom stereocenters. The van der Waals surface area contributed by atoms with Crippen molar-refractivity contribution in [2.75, 3.05) is 6.26 Å². The normalized spacial score (nSPS) is 10.7. The van der Waals surface area contributed by atoms with Crippen LogP contribution in [0, 0.1) is 0 Å². The maximum atomic E-state index is 5.96. The van der Waals surface area contributed by atoms with Crippen molar-refractivity contribution in [2.24, 2.45) is 0 Å². The summed E-state index contributed by atoms with van der Waals surface area (Å²) in [7, 11) is 0. The largest absolute Gasteiger partial charge is 0.437 e. The second kappa shape index (κ2) is 5.69. The highest BCUT2D eigenvalue weighted by molar-refractivity contribution is 7.98. The Hall–Kier alpha value is -1.78. The SMILES string of the molecule is CSc1ccccc1Oc1nc(Cl)nc2ccccc12. The van der Waals surface area contributed by atoms with Crippen LogP contribution in [0.1, 0.15) is 0 Å². The standard InChI is InChI=1S/C15H11ClN2OS/c1-20-13-9-5-4-8-12(13)19-14-10-6-2-3-7-11(10)17-15(16)18-14/h2-9H,1H3. The summed E-state index contributed by atoms with van der Waals surface area (Å²) in [4.78, 5) is 9.43. The molecular formula is C15H11ClN2OS. The van der Waals surface area contributed by atoms with E-state index in [9.17, 15) is 0 Å². The number of nitrogens with zero attached hydrogens (tertiary/aromatic N) is 2. The molecule has 2 aromatic carbocycles. The van der Waals surface area contributed by atoms with E-state index in [0.29, 0.717) is 5.88 Å². The Morgan fingerprint density at radius 2 is 1.75 bits per heavy atom. The lowest BCUT2D eigenvalue weighted by atomic mass is 10.2. The van der Waals surface area contributed by atoms with Crippen molar-refractivity contribution in [2.45, 2.75) is 4.90 Å². The van der Waals surface area contributed by atoms with Gasteiger partial charge in [0.15, 0.2) is 0 Å². The van der Waals surface area contributed by atoms with Crippen LogP contribution < -0.4 is 4.74 Å². The topological polar surface area (TPSA) is 35.0 Å². The van der Waals surface area contributed by atoms with Crippen molar-refractivity contribution >= 4 is 34.3 Å². The first-order valence-corrected chi connectivity index (χ1v) is 7.61. The van der Waals surface area contributed by atoms with Gasteiger partial charge in [0.25, 0.3) is 0 Å². The highest BCUT2D eigenvalue weighted by Gasteiger charge is 2.10. The molecule has 0 bridgehead atoms. The van der Waals surface area contributed by atoms with E-state index >= 15 is 0 Å². The van der Waals surface area contributed by atoms with E-state index in [1.807, 2.05) is 54.8 Å². The molecule has 0 saturated carbocycles. The molecule has 3 nitrogen and oxygen atoms in total. The summed E-state index contributed by atoms with van der Waals surface area (Å²) < 4.78 is 5.94. The zero-order chi connectivity index (χ0) is 13.9. The van der Waals surface area contributed by atoms with Crippen LogP contribution >= 0.6 is 23.4 Å². The predicted octanol–water partition coefficient (Wildman–Crippen LogP) is 4.80.